The van der Waals surface area contributed by atoms with E-state index in [0.29, 0.717) is 11.4 Å². The van der Waals surface area contributed by atoms with E-state index in [2.05, 4.69) is 30.6 Å². The number of esters is 1. The van der Waals surface area contributed by atoms with Gasteiger partial charge in [0, 0.05) is 17.7 Å². The van der Waals surface area contributed by atoms with Gasteiger partial charge in [-0.15, -0.1) is 0 Å². The molecule has 0 saturated carbocycles. The van der Waals surface area contributed by atoms with Crippen LogP contribution in [0.4, 0.5) is 11.6 Å². The van der Waals surface area contributed by atoms with Crippen LogP contribution in [0.1, 0.15) is 49.7 Å². The fraction of sp³-hybridized carbons (Fsp3) is 0.348. The highest BCUT2D eigenvalue weighted by Crippen LogP contribution is 2.13. The summed E-state index contributed by atoms with van der Waals surface area (Å²) in [6.45, 7) is 5.38. The normalized spacial score (nSPS) is 12.1. The average Bonchev–Trinajstić information content (AvgIpc) is 2.79. The van der Waals surface area contributed by atoms with Gasteiger partial charge in [0.25, 0.3) is 11.5 Å². The molecular formula is C23H27N7O6. The number of rotatable bonds is 9. The molecular weight excluding hydrogens is 470 g/mol. The van der Waals surface area contributed by atoms with Crippen LogP contribution in [0.25, 0.3) is 11.2 Å². The lowest BCUT2D eigenvalue weighted by atomic mass is 10.1. The third-order valence-corrected chi connectivity index (χ3v) is 4.77. The van der Waals surface area contributed by atoms with E-state index in [1.165, 1.54) is 18.3 Å². The van der Waals surface area contributed by atoms with Crippen LogP contribution in [0.15, 0.2) is 35.3 Å². The molecule has 3 rings (SSSR count). The van der Waals surface area contributed by atoms with Gasteiger partial charge in [0.2, 0.25) is 5.95 Å². The first-order valence-corrected chi connectivity index (χ1v) is 11.0. The van der Waals surface area contributed by atoms with Gasteiger partial charge in [-0.1, -0.05) is 0 Å². The number of nitrogens with two attached hydrogens (primary N) is 1. The van der Waals surface area contributed by atoms with Crippen molar-refractivity contribution in [1.82, 2.24) is 25.3 Å². The molecule has 6 N–H and O–H groups in total. The quantitative estimate of drug-likeness (QED) is 0.266. The predicted octanol–water partition coefficient (Wildman–Crippen LogP) is 1.21. The maximum absolute atomic E-state index is 12.5. The second-order valence-corrected chi connectivity index (χ2v) is 8.91. The summed E-state index contributed by atoms with van der Waals surface area (Å²) in [5, 5.41) is 14.9. The van der Waals surface area contributed by atoms with Crippen LogP contribution >= 0.6 is 0 Å². The molecule has 13 heteroatoms. The van der Waals surface area contributed by atoms with E-state index in [1.807, 2.05) is 0 Å². The first kappa shape index (κ1) is 26.1. The standard InChI is InChI=1S/C23H27N7O6/c1-23(2,3)36-16(31)9-8-15(21(34)35)28-19(32)12-4-6-13(7-5-12)25-10-14-11-26-18-17(27-14)20(33)30-22(24)29-18/h4-7,11,15,25H,8-10H2,1-3H3,(H,28,32)(H,34,35)(H3,24,26,29,30,33). The average molecular weight is 498 g/mol. The summed E-state index contributed by atoms with van der Waals surface area (Å²) >= 11 is 0. The Kier molecular flexibility index (Phi) is 7.82. The lowest BCUT2D eigenvalue weighted by Crippen LogP contribution is -2.41. The number of fused-ring (bicyclic) bond motifs is 1. The molecule has 1 atom stereocenters. The van der Waals surface area contributed by atoms with Crippen molar-refractivity contribution in [3.63, 3.8) is 0 Å². The molecule has 2 aromatic heterocycles. The van der Waals surface area contributed by atoms with E-state index >= 15 is 0 Å². The molecule has 0 radical (unpaired) electrons. The summed E-state index contributed by atoms with van der Waals surface area (Å²) in [6, 6.07) is 5.06. The van der Waals surface area contributed by atoms with Gasteiger partial charge in [-0.05, 0) is 51.5 Å². The van der Waals surface area contributed by atoms with Crippen LogP contribution in [-0.4, -0.2) is 54.5 Å². The minimum atomic E-state index is -1.25. The number of carboxylic acids is 1. The van der Waals surface area contributed by atoms with Gasteiger partial charge in [-0.25, -0.2) is 14.8 Å². The Labute approximate surface area is 205 Å². The first-order valence-electron chi connectivity index (χ1n) is 11.0. The van der Waals surface area contributed by atoms with E-state index < -0.39 is 35.0 Å². The SMILES string of the molecule is CC(C)(C)OC(=O)CCC(NC(=O)c1ccc(NCc2cnc3nc(N)[nH]c(=O)c3n2)cc1)C(=O)O. The molecule has 1 aromatic carbocycles. The fourth-order valence-corrected chi connectivity index (χ4v) is 3.14. The molecule has 13 nitrogen and oxygen atoms in total. The molecule has 0 aliphatic carbocycles. The highest BCUT2D eigenvalue weighted by Gasteiger charge is 2.24. The van der Waals surface area contributed by atoms with Crippen LogP contribution in [0, 0.1) is 0 Å². The number of carbonyl (C=O) groups is 3. The van der Waals surface area contributed by atoms with Gasteiger partial charge in [0.15, 0.2) is 11.2 Å². The summed E-state index contributed by atoms with van der Waals surface area (Å²) in [6.07, 6.45) is 1.21. The number of amides is 1. The van der Waals surface area contributed by atoms with Crippen molar-refractivity contribution in [2.24, 2.45) is 0 Å². The van der Waals surface area contributed by atoms with E-state index in [0.717, 1.165) is 0 Å². The predicted molar refractivity (Wildman–Crippen MR) is 130 cm³/mol. The number of hydrogen-bond donors (Lipinski definition) is 5. The van der Waals surface area contributed by atoms with Crippen molar-refractivity contribution >= 4 is 40.6 Å². The maximum atomic E-state index is 12.5. The number of H-pyrrole nitrogens is 1. The zero-order valence-corrected chi connectivity index (χ0v) is 20.0. The summed E-state index contributed by atoms with van der Waals surface area (Å²) in [7, 11) is 0. The number of nitrogen functional groups attached to an aromatic ring is 1. The van der Waals surface area contributed by atoms with Crippen LogP contribution in [0.3, 0.4) is 0 Å². The monoisotopic (exact) mass is 497 g/mol. The number of nitrogens with zero attached hydrogens (tertiary/aromatic N) is 3. The van der Waals surface area contributed by atoms with E-state index in [9.17, 15) is 24.3 Å². The number of hydrogen-bond acceptors (Lipinski definition) is 10. The Bertz CT molecular complexity index is 1330. The Balaban J connectivity index is 1.57. The maximum Gasteiger partial charge on any atom is 0.326 e. The molecule has 190 valence electrons. The molecule has 0 aliphatic heterocycles. The highest BCUT2D eigenvalue weighted by atomic mass is 16.6. The van der Waals surface area contributed by atoms with Gasteiger partial charge in [0.1, 0.15) is 11.6 Å². The van der Waals surface area contributed by atoms with Gasteiger partial charge < -0.3 is 26.2 Å². The van der Waals surface area contributed by atoms with Gasteiger partial charge in [-0.3, -0.25) is 19.4 Å². The summed E-state index contributed by atoms with van der Waals surface area (Å²) in [4.78, 5) is 62.5. The third kappa shape index (κ3) is 7.22. The lowest BCUT2D eigenvalue weighted by molar-refractivity contribution is -0.155. The van der Waals surface area contributed by atoms with Gasteiger partial charge in [-0.2, -0.15) is 4.98 Å². The summed E-state index contributed by atoms with van der Waals surface area (Å²) in [5.41, 5.74) is 5.90. The summed E-state index contributed by atoms with van der Waals surface area (Å²) in [5.74, 6) is -2.43. The Morgan fingerprint density at radius 3 is 2.50 bits per heavy atom. The molecule has 36 heavy (non-hydrogen) atoms. The minimum Gasteiger partial charge on any atom is -0.480 e. The van der Waals surface area contributed by atoms with Crippen molar-refractivity contribution in [3.8, 4) is 0 Å². The van der Waals surface area contributed by atoms with Crippen LogP contribution in [0.2, 0.25) is 0 Å². The molecule has 0 bridgehead atoms. The Morgan fingerprint density at radius 1 is 1.17 bits per heavy atom. The van der Waals surface area contributed by atoms with E-state index in [4.69, 9.17) is 10.5 Å². The van der Waals surface area contributed by atoms with Crippen molar-refractivity contribution in [1.29, 1.82) is 0 Å². The van der Waals surface area contributed by atoms with Crippen molar-refractivity contribution in [2.75, 3.05) is 11.1 Å². The topological polar surface area (TPSA) is 202 Å². The number of ether oxygens (including phenoxy) is 1. The number of benzene rings is 1. The molecule has 0 fully saturated rings. The van der Waals surface area contributed by atoms with Crippen LogP contribution < -0.4 is 21.9 Å². The van der Waals surface area contributed by atoms with Crippen LogP contribution in [0.5, 0.6) is 0 Å². The number of aromatic amines is 1. The van der Waals surface area contributed by atoms with Crippen LogP contribution in [-0.2, 0) is 20.9 Å². The number of aromatic nitrogens is 4. The smallest absolute Gasteiger partial charge is 0.326 e. The molecule has 0 saturated heterocycles. The first-order chi connectivity index (χ1) is 16.9. The molecule has 0 aliphatic rings. The zero-order valence-electron chi connectivity index (χ0n) is 20.0. The number of nitrogens with one attached hydrogen (secondary N) is 3. The number of aliphatic carboxylic acids is 1. The number of carbonyl (C=O) groups excluding carboxylic acids is 2. The molecule has 3 aromatic rings. The Morgan fingerprint density at radius 2 is 1.86 bits per heavy atom. The van der Waals surface area contributed by atoms with E-state index in [1.54, 1.807) is 32.9 Å². The second-order valence-electron chi connectivity index (χ2n) is 8.91. The molecule has 1 amide bonds. The van der Waals surface area contributed by atoms with Crippen molar-refractivity contribution in [2.45, 2.75) is 51.8 Å². The number of anilines is 2. The Hall–Kier alpha value is -4.55. The number of carboxylic acid groups (broad SMARTS) is 1. The highest BCUT2D eigenvalue weighted by molar-refractivity contribution is 5.97. The molecule has 0 spiro atoms. The molecule has 1 unspecified atom stereocenters. The lowest BCUT2D eigenvalue weighted by Gasteiger charge is -2.20. The van der Waals surface area contributed by atoms with Gasteiger partial charge in [0.05, 0.1) is 18.4 Å². The largest absolute Gasteiger partial charge is 0.480 e. The van der Waals surface area contributed by atoms with Gasteiger partial charge >= 0.3 is 11.9 Å². The summed E-state index contributed by atoms with van der Waals surface area (Å²) < 4.78 is 5.17. The van der Waals surface area contributed by atoms with E-state index in [-0.39, 0.29) is 42.1 Å². The second kappa shape index (κ2) is 10.8. The van der Waals surface area contributed by atoms with Crippen molar-refractivity contribution < 1.29 is 24.2 Å². The molecule has 2 heterocycles. The third-order valence-electron chi connectivity index (χ3n) is 4.77. The fourth-order valence-electron chi connectivity index (χ4n) is 3.14. The zero-order chi connectivity index (χ0) is 26.5. The minimum absolute atomic E-state index is 0.0467. The van der Waals surface area contributed by atoms with Crippen molar-refractivity contribution in [3.05, 3.63) is 52.1 Å².